The van der Waals surface area contributed by atoms with Gasteiger partial charge < -0.3 is 15.2 Å². The summed E-state index contributed by atoms with van der Waals surface area (Å²) in [5.74, 6) is -0.354. The lowest BCUT2D eigenvalue weighted by Crippen LogP contribution is -2.47. The molecule has 0 saturated carbocycles. The maximum atomic E-state index is 12.3. The third-order valence-corrected chi connectivity index (χ3v) is 3.96. The van der Waals surface area contributed by atoms with Crippen LogP contribution in [0, 0.1) is 0 Å². The van der Waals surface area contributed by atoms with Crippen LogP contribution in [0.1, 0.15) is 18.5 Å². The summed E-state index contributed by atoms with van der Waals surface area (Å²) >= 11 is 3.32. The maximum absolute atomic E-state index is 12.3. The molecule has 1 aromatic rings. The van der Waals surface area contributed by atoms with E-state index in [-0.39, 0.29) is 18.4 Å². The number of nitrogens with one attached hydrogen (secondary N) is 1. The van der Waals surface area contributed by atoms with Gasteiger partial charge in [-0.3, -0.25) is 4.90 Å². The van der Waals surface area contributed by atoms with Gasteiger partial charge in [0.15, 0.2) is 0 Å². The van der Waals surface area contributed by atoms with Gasteiger partial charge in [0.05, 0.1) is 18.2 Å². The molecule has 1 aliphatic heterocycles. The number of alkyl halides is 1. The van der Waals surface area contributed by atoms with Gasteiger partial charge in [0.2, 0.25) is 0 Å². The van der Waals surface area contributed by atoms with Gasteiger partial charge in [-0.05, 0) is 24.6 Å². The van der Waals surface area contributed by atoms with Crippen molar-refractivity contribution in [3.05, 3.63) is 41.1 Å². The first-order valence-corrected chi connectivity index (χ1v) is 7.91. The number of carbonyl (C=O) groups is 2. The minimum Gasteiger partial charge on any atom is -0.508 e. The summed E-state index contributed by atoms with van der Waals surface area (Å²) in [6.07, 6.45) is 0. The van der Waals surface area contributed by atoms with Gasteiger partial charge in [-0.2, -0.15) is 0 Å². The highest BCUT2D eigenvalue weighted by Gasteiger charge is 2.36. The van der Waals surface area contributed by atoms with Crippen LogP contribution in [0.15, 0.2) is 35.5 Å². The highest BCUT2D eigenvalue weighted by atomic mass is 79.9. The van der Waals surface area contributed by atoms with E-state index < -0.39 is 12.0 Å². The molecule has 2 amide bonds. The molecule has 0 aromatic heterocycles. The van der Waals surface area contributed by atoms with Gasteiger partial charge in [-0.1, -0.05) is 28.1 Å². The number of benzene rings is 1. The number of allylic oxidation sites excluding steroid dienone is 1. The Labute approximate surface area is 136 Å². The van der Waals surface area contributed by atoms with Crippen molar-refractivity contribution < 1.29 is 19.4 Å². The summed E-state index contributed by atoms with van der Waals surface area (Å²) in [5, 5.41) is 12.5. The zero-order valence-corrected chi connectivity index (χ0v) is 13.9. The van der Waals surface area contributed by atoms with E-state index in [2.05, 4.69) is 21.2 Å². The van der Waals surface area contributed by atoms with E-state index in [0.29, 0.717) is 22.2 Å². The molecule has 2 rings (SSSR count). The van der Waals surface area contributed by atoms with Crippen LogP contribution < -0.4 is 5.32 Å². The number of halogens is 1. The number of aromatic hydroxyl groups is 1. The van der Waals surface area contributed by atoms with E-state index in [1.807, 2.05) is 0 Å². The van der Waals surface area contributed by atoms with Gasteiger partial charge in [0, 0.05) is 18.1 Å². The molecule has 0 fully saturated rings. The van der Waals surface area contributed by atoms with Crippen molar-refractivity contribution in [3.63, 3.8) is 0 Å². The average molecular weight is 369 g/mol. The largest absolute Gasteiger partial charge is 0.508 e. The third-order valence-electron chi connectivity index (χ3n) is 3.43. The molecule has 6 nitrogen and oxygen atoms in total. The van der Waals surface area contributed by atoms with E-state index in [0.717, 1.165) is 0 Å². The fourth-order valence-corrected chi connectivity index (χ4v) is 2.96. The first-order valence-electron chi connectivity index (χ1n) is 6.78. The number of hydrogen-bond donors (Lipinski definition) is 2. The number of rotatable bonds is 4. The predicted octanol–water partition coefficient (Wildman–Crippen LogP) is 2.30. The molecule has 0 saturated heterocycles. The highest BCUT2D eigenvalue weighted by molar-refractivity contribution is 9.09. The Balaban J connectivity index is 2.53. The monoisotopic (exact) mass is 368 g/mol. The lowest BCUT2D eigenvalue weighted by atomic mass is 9.95. The van der Waals surface area contributed by atoms with Crippen molar-refractivity contribution in [2.45, 2.75) is 13.0 Å². The first-order chi connectivity index (χ1) is 10.5. The van der Waals surface area contributed by atoms with E-state index in [4.69, 9.17) is 4.74 Å². The van der Waals surface area contributed by atoms with Gasteiger partial charge in [-0.15, -0.1) is 0 Å². The molecule has 0 bridgehead atoms. The van der Waals surface area contributed by atoms with Crippen molar-refractivity contribution >= 4 is 27.9 Å². The van der Waals surface area contributed by atoms with Crippen LogP contribution in [0.2, 0.25) is 0 Å². The van der Waals surface area contributed by atoms with E-state index in [1.165, 1.54) is 17.0 Å². The summed E-state index contributed by atoms with van der Waals surface area (Å²) in [5.41, 5.74) is 1.63. The van der Waals surface area contributed by atoms with E-state index in [1.54, 1.807) is 26.1 Å². The van der Waals surface area contributed by atoms with E-state index in [9.17, 15) is 14.7 Å². The minimum atomic E-state index is -0.615. The molecular formula is C15H17BrN2O4. The highest BCUT2D eigenvalue weighted by Crippen LogP contribution is 2.32. The molecule has 2 N–H and O–H groups in total. The fraction of sp³-hybridized carbons (Fsp3) is 0.333. The van der Waals surface area contributed by atoms with Gasteiger partial charge in [0.1, 0.15) is 5.75 Å². The number of phenols is 1. The molecule has 118 valence electrons. The summed E-state index contributed by atoms with van der Waals surface area (Å²) in [6.45, 7) is 1.98. The second kappa shape index (κ2) is 6.83. The van der Waals surface area contributed by atoms with Crippen molar-refractivity contribution in [3.8, 4) is 5.75 Å². The van der Waals surface area contributed by atoms with Gasteiger partial charge in [0.25, 0.3) is 0 Å². The zero-order chi connectivity index (χ0) is 16.3. The van der Waals surface area contributed by atoms with Gasteiger partial charge >= 0.3 is 12.0 Å². The Bertz CT molecular complexity index is 612. The minimum absolute atomic E-state index is 0.116. The second-order valence-corrected chi connectivity index (χ2v) is 5.31. The van der Waals surface area contributed by atoms with Crippen molar-refractivity contribution in [2.24, 2.45) is 0 Å². The summed E-state index contributed by atoms with van der Waals surface area (Å²) in [4.78, 5) is 25.8. The lowest BCUT2D eigenvalue weighted by molar-refractivity contribution is -0.139. The molecule has 1 aromatic carbocycles. The van der Waals surface area contributed by atoms with E-state index >= 15 is 0 Å². The molecule has 7 heteroatoms. The number of nitrogens with zero attached hydrogens (tertiary/aromatic N) is 1. The smallest absolute Gasteiger partial charge is 0.338 e. The number of carbonyl (C=O) groups excluding carboxylic acids is 2. The number of hydrogen-bond acceptors (Lipinski definition) is 4. The number of phenolic OH excluding ortho intramolecular Hbond substituents is 1. The maximum Gasteiger partial charge on any atom is 0.338 e. The molecule has 1 atom stereocenters. The number of urea groups is 1. The Kier molecular flexibility index (Phi) is 5.07. The Morgan fingerprint density at radius 1 is 1.41 bits per heavy atom. The van der Waals surface area contributed by atoms with Gasteiger partial charge in [-0.25, -0.2) is 9.59 Å². The summed E-state index contributed by atoms with van der Waals surface area (Å²) in [7, 11) is 1.60. The Morgan fingerprint density at radius 3 is 2.59 bits per heavy atom. The van der Waals surface area contributed by atoms with Crippen LogP contribution in [0.3, 0.4) is 0 Å². The number of ether oxygens (including phenoxy) is 1. The Morgan fingerprint density at radius 2 is 2.05 bits per heavy atom. The topological polar surface area (TPSA) is 78.9 Å². The standard InChI is InChI=1S/C15H17BrN2O4/c1-3-22-14(20)12-11(8-16)18(2)15(21)17-13(12)9-4-6-10(19)7-5-9/h4-7,13,19H,3,8H2,1-2H3,(H,17,21)/t13-/m1/s1. The summed E-state index contributed by atoms with van der Waals surface area (Å²) < 4.78 is 5.13. The SMILES string of the molecule is CCOC(=O)C1=C(CBr)N(C)C(=O)N[C@@H]1c1ccc(O)cc1. The summed E-state index contributed by atoms with van der Waals surface area (Å²) in [6, 6.07) is 5.43. The van der Waals surface area contributed by atoms with Crippen LogP contribution in [0.4, 0.5) is 4.79 Å². The lowest BCUT2D eigenvalue weighted by Gasteiger charge is -2.34. The molecule has 0 radical (unpaired) electrons. The quantitative estimate of drug-likeness (QED) is 0.631. The van der Waals surface area contributed by atoms with Crippen LogP contribution in [0.25, 0.3) is 0 Å². The third kappa shape index (κ3) is 3.09. The van der Waals surface area contributed by atoms with Crippen molar-refractivity contribution in [1.82, 2.24) is 10.2 Å². The van der Waals surface area contributed by atoms with Crippen molar-refractivity contribution in [1.29, 1.82) is 0 Å². The molecular weight excluding hydrogens is 352 g/mol. The molecule has 1 aliphatic rings. The number of amides is 2. The van der Waals surface area contributed by atoms with Crippen LogP contribution >= 0.6 is 15.9 Å². The number of esters is 1. The molecule has 22 heavy (non-hydrogen) atoms. The molecule has 0 spiro atoms. The second-order valence-electron chi connectivity index (χ2n) is 4.75. The average Bonchev–Trinajstić information content (AvgIpc) is 2.50. The van der Waals surface area contributed by atoms with Crippen LogP contribution in [-0.4, -0.2) is 41.0 Å². The Hall–Kier alpha value is -2.02. The van der Waals surface area contributed by atoms with Crippen LogP contribution in [-0.2, 0) is 9.53 Å². The molecule has 1 heterocycles. The zero-order valence-electron chi connectivity index (χ0n) is 12.3. The fourth-order valence-electron chi connectivity index (χ4n) is 2.29. The predicted molar refractivity (Wildman–Crippen MR) is 84.6 cm³/mol. The molecule has 0 aliphatic carbocycles. The normalized spacial score (nSPS) is 18.2. The molecule has 0 unspecified atom stereocenters. The first kappa shape index (κ1) is 16.4. The van der Waals surface area contributed by atoms with Crippen molar-refractivity contribution in [2.75, 3.05) is 19.0 Å². The van der Waals surface area contributed by atoms with Crippen LogP contribution in [0.5, 0.6) is 5.75 Å².